The Morgan fingerprint density at radius 2 is 1.65 bits per heavy atom. The molecule has 1 N–H and O–H groups in total. The molecule has 3 aromatic carbocycles. The predicted molar refractivity (Wildman–Crippen MR) is 174 cm³/mol. The van der Waals surface area contributed by atoms with Crippen molar-refractivity contribution in [3.05, 3.63) is 88.8 Å². The maximum Gasteiger partial charge on any atom is 0.155 e. The van der Waals surface area contributed by atoms with E-state index in [9.17, 15) is 4.79 Å². The molecule has 1 radical (unpaired) electrons. The van der Waals surface area contributed by atoms with Crippen molar-refractivity contribution >= 4 is 38.5 Å². The largest absolute Gasteiger partial charge is 0.512 e. The molecule has 0 saturated heterocycles. The van der Waals surface area contributed by atoms with Gasteiger partial charge >= 0.3 is 0 Å². The van der Waals surface area contributed by atoms with E-state index < -0.39 is 0 Å². The van der Waals surface area contributed by atoms with E-state index in [1.54, 1.807) is 0 Å². The quantitative estimate of drug-likeness (QED) is 0.110. The number of hydrogen-bond donors (Lipinski definition) is 1. The van der Waals surface area contributed by atoms with Crippen LogP contribution in [0.4, 0.5) is 0 Å². The van der Waals surface area contributed by atoms with Crippen LogP contribution in [-0.4, -0.2) is 15.9 Å². The first-order chi connectivity index (χ1) is 20.0. The average molecular weight is 753 g/mol. The van der Waals surface area contributed by atoms with Crippen molar-refractivity contribution < 1.29 is 34.4 Å². The third-order valence-electron chi connectivity index (χ3n) is 8.34. The Balaban J connectivity index is 0.000000475. The van der Waals surface area contributed by atoms with Crippen LogP contribution in [0.5, 0.6) is 0 Å². The first kappa shape index (κ1) is 32.6. The summed E-state index contributed by atoms with van der Waals surface area (Å²) in [6.07, 6.45) is 8.58. The Morgan fingerprint density at radius 1 is 0.953 bits per heavy atom. The van der Waals surface area contributed by atoms with E-state index in [1.807, 2.05) is 0 Å². The fourth-order valence-electron chi connectivity index (χ4n) is 6.17. The number of carbonyl (C=O) groups is 1. The summed E-state index contributed by atoms with van der Waals surface area (Å²) in [6.45, 7) is 14.0. The van der Waals surface area contributed by atoms with Gasteiger partial charge in [0.05, 0.1) is 11.3 Å². The van der Waals surface area contributed by atoms with Crippen LogP contribution in [0, 0.1) is 13.0 Å². The molecule has 1 saturated carbocycles. The third-order valence-corrected chi connectivity index (χ3v) is 8.34. The number of rotatable bonds is 5. The Morgan fingerprint density at radius 3 is 2.26 bits per heavy atom. The van der Waals surface area contributed by atoms with E-state index in [-0.39, 0.29) is 31.6 Å². The summed E-state index contributed by atoms with van der Waals surface area (Å²) in [6, 6.07) is 19.6. The number of fused-ring (bicyclic) bond motifs is 4. The van der Waals surface area contributed by atoms with Gasteiger partial charge in [-0.2, -0.15) is 0 Å². The van der Waals surface area contributed by atoms with Crippen molar-refractivity contribution in [1.82, 2.24) is 4.98 Å². The van der Waals surface area contributed by atoms with Crippen molar-refractivity contribution in [2.24, 2.45) is 0 Å². The zero-order chi connectivity index (χ0) is 30.1. The van der Waals surface area contributed by atoms with Crippen LogP contribution >= 0.6 is 0 Å². The van der Waals surface area contributed by atoms with Crippen molar-refractivity contribution in [3.63, 3.8) is 0 Å². The van der Waals surface area contributed by atoms with Crippen LogP contribution in [0.25, 0.3) is 44.0 Å². The van der Waals surface area contributed by atoms with Crippen molar-refractivity contribution in [3.8, 4) is 11.3 Å². The SMILES string of the molecule is CC(=O)/C=C(/C)O.Cc1ccc2c(c1)oc1c(-c3ncc(C(C)C)c4cc(C5CCCC5)ccc34)[c-]c(C(C)C)cc12.[Ir]. The Labute approximate surface area is 268 Å². The molecule has 6 rings (SSSR count). The van der Waals surface area contributed by atoms with Crippen LogP contribution < -0.4 is 0 Å². The molecule has 1 fully saturated rings. The number of benzene rings is 3. The zero-order valence-corrected chi connectivity index (χ0v) is 28.7. The molecule has 0 amide bonds. The minimum absolute atomic E-state index is 0. The molecule has 2 aromatic heterocycles. The van der Waals surface area contributed by atoms with Gasteiger partial charge < -0.3 is 14.5 Å². The Kier molecular flexibility index (Phi) is 10.3. The van der Waals surface area contributed by atoms with Gasteiger partial charge in [0.15, 0.2) is 5.78 Å². The smallest absolute Gasteiger partial charge is 0.155 e. The fraction of sp³-hybridized carbons (Fsp3) is 0.368. The predicted octanol–water partition coefficient (Wildman–Crippen LogP) is 10.8. The standard InChI is InChI=1S/C33H34NO.C5H8O2.Ir/c1-19(2)24-16-28-25-12-10-21(5)14-31(25)35-33(28)29(17-24)32-26-13-11-23(22-8-6-7-9-22)15-27(26)30(18-34-32)20(3)4;1-4(6)3-5(2)7;/h10-16,18-20,22H,6-9H2,1-5H3;3,6H,1-2H3;/q-1;;/b;4-3-;. The molecular formula is C38H42IrNO3-. The van der Waals surface area contributed by atoms with E-state index in [1.165, 1.54) is 78.6 Å². The summed E-state index contributed by atoms with van der Waals surface area (Å²) < 4.78 is 6.51. The normalized spacial score (nSPS) is 14.0. The maximum absolute atomic E-state index is 10.0. The first-order valence-corrected chi connectivity index (χ1v) is 15.2. The minimum Gasteiger partial charge on any atom is -0.512 e. The van der Waals surface area contributed by atoms with Gasteiger partial charge in [0, 0.05) is 37.8 Å². The van der Waals surface area contributed by atoms with Gasteiger partial charge in [-0.1, -0.05) is 81.8 Å². The second kappa shape index (κ2) is 13.6. The summed E-state index contributed by atoms with van der Waals surface area (Å²) in [5, 5.41) is 13.2. The second-order valence-electron chi connectivity index (χ2n) is 12.5. The molecule has 0 bridgehead atoms. The monoisotopic (exact) mass is 753 g/mol. The summed E-state index contributed by atoms with van der Waals surface area (Å²) in [7, 11) is 0. The van der Waals surface area contributed by atoms with Crippen LogP contribution in [0.2, 0.25) is 0 Å². The molecule has 43 heavy (non-hydrogen) atoms. The number of pyridine rings is 1. The van der Waals surface area contributed by atoms with Crippen molar-refractivity contribution in [2.75, 3.05) is 0 Å². The van der Waals surface area contributed by atoms with E-state index in [0.29, 0.717) is 17.8 Å². The van der Waals surface area contributed by atoms with Crippen LogP contribution in [0.15, 0.2) is 64.9 Å². The number of furan rings is 1. The van der Waals surface area contributed by atoms with E-state index in [0.717, 1.165) is 33.2 Å². The summed E-state index contributed by atoms with van der Waals surface area (Å²) in [5.41, 5.74) is 8.98. The summed E-state index contributed by atoms with van der Waals surface area (Å²) >= 11 is 0. The van der Waals surface area contributed by atoms with Gasteiger partial charge in [-0.05, 0) is 90.6 Å². The Hall–Kier alpha value is -3.27. The molecule has 1 aliphatic carbocycles. The summed E-state index contributed by atoms with van der Waals surface area (Å²) in [4.78, 5) is 15.1. The number of aromatic nitrogens is 1. The van der Waals surface area contributed by atoms with Gasteiger partial charge in [-0.3, -0.25) is 4.79 Å². The molecule has 5 aromatic rings. The molecule has 0 atom stereocenters. The molecule has 227 valence electrons. The van der Waals surface area contributed by atoms with Gasteiger partial charge in [0.1, 0.15) is 5.58 Å². The van der Waals surface area contributed by atoms with Crippen molar-refractivity contribution in [2.45, 2.75) is 91.9 Å². The molecule has 0 unspecified atom stereocenters. The molecule has 2 heterocycles. The Bertz CT molecular complexity index is 1800. The van der Waals surface area contributed by atoms with E-state index in [4.69, 9.17) is 14.5 Å². The number of ketones is 1. The number of aryl methyl sites for hydroxylation is 1. The number of aliphatic hydroxyl groups is 1. The zero-order valence-electron chi connectivity index (χ0n) is 26.3. The number of carbonyl (C=O) groups excluding carboxylic acids is 1. The molecule has 0 spiro atoms. The number of allylic oxidation sites excluding steroid dienone is 2. The summed E-state index contributed by atoms with van der Waals surface area (Å²) in [5.74, 6) is 1.41. The third kappa shape index (κ3) is 6.95. The van der Waals surface area contributed by atoms with Gasteiger partial charge in [-0.25, -0.2) is 0 Å². The maximum atomic E-state index is 10.0. The van der Waals surface area contributed by atoms with E-state index in [2.05, 4.69) is 89.3 Å². The van der Waals surface area contributed by atoms with E-state index >= 15 is 0 Å². The van der Waals surface area contributed by atoms with Gasteiger partial charge in [0.25, 0.3) is 0 Å². The second-order valence-corrected chi connectivity index (χ2v) is 12.5. The van der Waals surface area contributed by atoms with Crippen molar-refractivity contribution in [1.29, 1.82) is 0 Å². The topological polar surface area (TPSA) is 63.3 Å². The average Bonchev–Trinajstić information content (AvgIpc) is 3.59. The fourth-order valence-corrected chi connectivity index (χ4v) is 6.17. The number of aliphatic hydroxyl groups excluding tert-OH is 1. The van der Waals surface area contributed by atoms with Gasteiger partial charge in [-0.15, -0.1) is 17.7 Å². The molecule has 0 aliphatic heterocycles. The molecule has 5 heteroatoms. The number of nitrogens with zero attached hydrogens (tertiary/aromatic N) is 1. The first-order valence-electron chi connectivity index (χ1n) is 15.2. The molecular weight excluding hydrogens is 711 g/mol. The van der Waals surface area contributed by atoms with Crippen LogP contribution in [0.1, 0.15) is 107 Å². The van der Waals surface area contributed by atoms with Crippen LogP contribution in [0.3, 0.4) is 0 Å². The number of hydrogen-bond acceptors (Lipinski definition) is 4. The minimum atomic E-state index is -0.125. The molecule has 1 aliphatic rings. The molecule has 4 nitrogen and oxygen atoms in total. The van der Waals surface area contributed by atoms with Crippen LogP contribution in [-0.2, 0) is 24.9 Å². The van der Waals surface area contributed by atoms with Gasteiger partial charge in [0.2, 0.25) is 0 Å².